The molecule has 1 saturated carbocycles. The van der Waals surface area contributed by atoms with Crippen molar-refractivity contribution in [2.24, 2.45) is 11.3 Å². The highest BCUT2D eigenvalue weighted by Gasteiger charge is 2.38. The summed E-state index contributed by atoms with van der Waals surface area (Å²) >= 11 is 0. The number of nitrogens with one attached hydrogen (secondary N) is 1. The number of aromatic nitrogens is 1. The Bertz CT molecular complexity index is 1680. The third kappa shape index (κ3) is 5.87. The van der Waals surface area contributed by atoms with Crippen LogP contribution in [0, 0.1) is 22.7 Å². The average Bonchev–Trinajstić information content (AvgIpc) is 3.79. The Morgan fingerprint density at radius 2 is 2.05 bits per heavy atom. The Labute approximate surface area is 233 Å². The minimum absolute atomic E-state index is 0.0113. The second kappa shape index (κ2) is 11.1. The molecule has 2 aliphatic rings. The zero-order valence-corrected chi connectivity index (χ0v) is 23.0. The van der Waals surface area contributed by atoms with E-state index in [9.17, 15) is 18.3 Å². The molecule has 0 aliphatic heterocycles. The van der Waals surface area contributed by atoms with Gasteiger partial charge in [-0.2, -0.15) is 13.7 Å². The number of hydrogen-bond donors (Lipinski definition) is 2. The Morgan fingerprint density at radius 3 is 2.73 bits per heavy atom. The third-order valence-corrected chi connectivity index (χ3v) is 9.13. The van der Waals surface area contributed by atoms with Crippen molar-refractivity contribution < 1.29 is 17.9 Å². The quantitative estimate of drug-likeness (QED) is 0.322. The van der Waals surface area contributed by atoms with E-state index in [0.29, 0.717) is 17.7 Å². The summed E-state index contributed by atoms with van der Waals surface area (Å²) in [6.45, 7) is 2.15. The van der Waals surface area contributed by atoms with Crippen LogP contribution in [0.1, 0.15) is 67.4 Å². The van der Waals surface area contributed by atoms with Crippen LogP contribution in [0.4, 0.5) is 5.69 Å². The maximum atomic E-state index is 13.3. The standard InChI is InChI=1S/C31H31N3O5S/c1-2-31(13-4-3-5-14-31)15-11-25-19-26(35)29(30(36)39-25)28(22-9-10-22)23-7-6-8-24(18-23)34-40(37,38)27-17-21(20-32)12-16-33-27/h3-8,12-13,16-19,22,28,34-35H,2,9-11,14-15H2,1H3. The molecule has 2 aromatic heterocycles. The predicted octanol–water partition coefficient (Wildman–Crippen LogP) is 5.80. The summed E-state index contributed by atoms with van der Waals surface area (Å²) in [6, 6.07) is 12.9. The van der Waals surface area contributed by atoms with Gasteiger partial charge in [-0.15, -0.1) is 0 Å². The normalized spacial score (nSPS) is 19.2. The van der Waals surface area contributed by atoms with Gasteiger partial charge in [0.05, 0.1) is 17.2 Å². The van der Waals surface area contributed by atoms with Crippen LogP contribution in [0.15, 0.2) is 87.2 Å². The van der Waals surface area contributed by atoms with E-state index < -0.39 is 21.6 Å². The lowest BCUT2D eigenvalue weighted by Crippen LogP contribution is -2.20. The molecule has 0 spiro atoms. The van der Waals surface area contributed by atoms with Gasteiger partial charge < -0.3 is 9.52 Å². The molecule has 3 aromatic rings. The molecule has 2 N–H and O–H groups in total. The van der Waals surface area contributed by atoms with Crippen molar-refractivity contribution in [1.82, 2.24) is 4.98 Å². The molecular formula is C31H31N3O5S. The number of aromatic hydroxyl groups is 1. The van der Waals surface area contributed by atoms with Crippen molar-refractivity contribution >= 4 is 15.7 Å². The van der Waals surface area contributed by atoms with Crippen LogP contribution >= 0.6 is 0 Å². The van der Waals surface area contributed by atoms with E-state index in [1.807, 2.05) is 18.2 Å². The van der Waals surface area contributed by atoms with Crippen molar-refractivity contribution in [3.8, 4) is 11.8 Å². The fourth-order valence-electron chi connectivity index (χ4n) is 5.39. The lowest BCUT2D eigenvalue weighted by atomic mass is 9.75. The topological polar surface area (TPSA) is 133 Å². The Kier molecular flexibility index (Phi) is 7.63. The highest BCUT2D eigenvalue weighted by molar-refractivity contribution is 7.92. The van der Waals surface area contributed by atoms with Crippen LogP contribution in [-0.4, -0.2) is 18.5 Å². The first kappa shape index (κ1) is 27.4. The van der Waals surface area contributed by atoms with Gasteiger partial charge in [-0.3, -0.25) is 4.72 Å². The fourth-order valence-corrected chi connectivity index (χ4v) is 6.41. The summed E-state index contributed by atoms with van der Waals surface area (Å²) in [4.78, 5) is 17.2. The summed E-state index contributed by atoms with van der Waals surface area (Å²) in [5.74, 6) is 0.0349. The Balaban J connectivity index is 1.41. The van der Waals surface area contributed by atoms with E-state index in [1.54, 1.807) is 24.3 Å². The number of anilines is 1. The maximum Gasteiger partial charge on any atom is 0.343 e. The maximum absolute atomic E-state index is 13.3. The molecule has 40 heavy (non-hydrogen) atoms. The number of aryl methyl sites for hydroxylation is 1. The van der Waals surface area contributed by atoms with Crippen LogP contribution in [-0.2, 0) is 16.4 Å². The first-order valence-corrected chi connectivity index (χ1v) is 14.9. The molecule has 0 amide bonds. The molecule has 206 valence electrons. The van der Waals surface area contributed by atoms with Gasteiger partial charge in [-0.25, -0.2) is 9.78 Å². The predicted molar refractivity (Wildman–Crippen MR) is 151 cm³/mol. The first-order valence-electron chi connectivity index (χ1n) is 13.4. The lowest BCUT2D eigenvalue weighted by molar-refractivity contribution is 0.318. The molecule has 2 unspecified atom stereocenters. The number of benzene rings is 1. The van der Waals surface area contributed by atoms with Gasteiger partial charge in [-0.1, -0.05) is 43.4 Å². The van der Waals surface area contributed by atoms with Crippen LogP contribution in [0.25, 0.3) is 0 Å². The summed E-state index contributed by atoms with van der Waals surface area (Å²) in [7, 11) is -4.05. The van der Waals surface area contributed by atoms with Gasteiger partial charge >= 0.3 is 5.63 Å². The molecule has 0 radical (unpaired) electrons. The van der Waals surface area contributed by atoms with E-state index in [0.717, 1.165) is 32.1 Å². The summed E-state index contributed by atoms with van der Waals surface area (Å²) in [5, 5.41) is 19.9. The third-order valence-electron chi connectivity index (χ3n) is 7.85. The molecule has 9 heteroatoms. The van der Waals surface area contributed by atoms with E-state index in [4.69, 9.17) is 9.68 Å². The van der Waals surface area contributed by atoms with Crippen molar-refractivity contribution in [3.05, 3.63) is 106 Å². The van der Waals surface area contributed by atoms with E-state index in [1.165, 1.54) is 18.3 Å². The van der Waals surface area contributed by atoms with Gasteiger partial charge in [-0.05, 0) is 73.3 Å². The first-order chi connectivity index (χ1) is 19.2. The van der Waals surface area contributed by atoms with Crippen molar-refractivity contribution in [2.45, 2.75) is 56.4 Å². The smallest absolute Gasteiger partial charge is 0.343 e. The molecule has 8 nitrogen and oxygen atoms in total. The highest BCUT2D eigenvalue weighted by atomic mass is 32.2. The number of nitriles is 1. The SMILES string of the molecule is CCC1(CCc2cc(O)c(C(c3cccc(NS(=O)(=O)c4cc(C#N)ccn4)c3)C3CC3)c(=O)o2)C=CC=CC1. The second-order valence-electron chi connectivity index (χ2n) is 10.5. The zero-order chi connectivity index (χ0) is 28.3. The van der Waals surface area contributed by atoms with Gasteiger partial charge in [0.15, 0.2) is 5.03 Å². The molecular weight excluding hydrogens is 526 g/mol. The summed E-state index contributed by atoms with van der Waals surface area (Å²) in [5.41, 5.74) is 0.797. The van der Waals surface area contributed by atoms with Crippen molar-refractivity contribution in [3.63, 3.8) is 0 Å². The molecule has 2 atom stereocenters. The highest BCUT2D eigenvalue weighted by Crippen LogP contribution is 2.48. The zero-order valence-electron chi connectivity index (χ0n) is 22.2. The van der Waals surface area contributed by atoms with Gasteiger partial charge in [0.25, 0.3) is 10.0 Å². The Hall–Kier alpha value is -4.16. The minimum Gasteiger partial charge on any atom is -0.507 e. The molecule has 2 heterocycles. The number of pyridine rings is 1. The van der Waals surface area contributed by atoms with E-state index in [-0.39, 0.29) is 38.9 Å². The molecule has 1 fully saturated rings. The monoisotopic (exact) mass is 557 g/mol. The summed E-state index contributed by atoms with van der Waals surface area (Å²) < 4.78 is 34.1. The van der Waals surface area contributed by atoms with Crippen molar-refractivity contribution in [1.29, 1.82) is 5.26 Å². The fraction of sp³-hybridized carbons (Fsp3) is 0.323. The van der Waals surface area contributed by atoms with Crippen LogP contribution in [0.2, 0.25) is 0 Å². The number of hydrogen-bond acceptors (Lipinski definition) is 7. The van der Waals surface area contributed by atoms with E-state index >= 15 is 0 Å². The van der Waals surface area contributed by atoms with Crippen LogP contribution < -0.4 is 10.3 Å². The molecule has 0 saturated heterocycles. The van der Waals surface area contributed by atoms with Crippen molar-refractivity contribution in [2.75, 3.05) is 4.72 Å². The molecule has 5 rings (SSSR count). The average molecular weight is 558 g/mol. The van der Waals surface area contributed by atoms with Gasteiger partial charge in [0.1, 0.15) is 11.5 Å². The Morgan fingerprint density at radius 1 is 1.23 bits per heavy atom. The van der Waals surface area contributed by atoms with E-state index in [2.05, 4.69) is 34.9 Å². The number of allylic oxidation sites excluding steroid dienone is 4. The number of nitrogens with zero attached hydrogens (tertiary/aromatic N) is 2. The largest absolute Gasteiger partial charge is 0.507 e. The molecule has 1 aromatic carbocycles. The number of sulfonamides is 1. The number of rotatable bonds is 10. The summed E-state index contributed by atoms with van der Waals surface area (Å²) in [6.07, 6.45) is 14.7. The minimum atomic E-state index is -4.05. The van der Waals surface area contributed by atoms with Crippen LogP contribution in [0.3, 0.4) is 0 Å². The molecule has 0 bridgehead atoms. The lowest BCUT2D eigenvalue weighted by Gasteiger charge is -2.30. The van der Waals surface area contributed by atoms with Gasteiger partial charge in [0.2, 0.25) is 0 Å². The second-order valence-corrected chi connectivity index (χ2v) is 12.2. The molecule has 2 aliphatic carbocycles. The van der Waals surface area contributed by atoms with Crippen LogP contribution in [0.5, 0.6) is 5.75 Å². The van der Waals surface area contributed by atoms with Gasteiger partial charge in [0, 0.05) is 30.3 Å².